The summed E-state index contributed by atoms with van der Waals surface area (Å²) in [5.41, 5.74) is 0. The standard InChI is InChI=1S/C17H30O4S2/c1-2-3-4-5-6-7-8-9-10-11-12-23-17(22)14(16(20)21)13-15(18)19/h14H,2-13H2,1H3,(H,18,19)(H,20,21). The number of carbonyl (C=O) groups is 2. The minimum Gasteiger partial charge on any atom is -0.481 e. The summed E-state index contributed by atoms with van der Waals surface area (Å²) in [6.07, 6.45) is 12.1. The second kappa shape index (κ2) is 14.9. The molecular formula is C17H30O4S2. The van der Waals surface area contributed by atoms with E-state index in [9.17, 15) is 9.59 Å². The lowest BCUT2D eigenvalue weighted by atomic mass is 10.1. The fraction of sp³-hybridized carbons (Fsp3) is 0.824. The van der Waals surface area contributed by atoms with E-state index in [0.29, 0.717) is 0 Å². The van der Waals surface area contributed by atoms with Gasteiger partial charge in [0, 0.05) is 0 Å². The van der Waals surface area contributed by atoms with Crippen LogP contribution in [0, 0.1) is 5.92 Å². The molecule has 0 amide bonds. The lowest BCUT2D eigenvalue weighted by Gasteiger charge is -2.10. The van der Waals surface area contributed by atoms with Gasteiger partial charge in [-0.3, -0.25) is 9.59 Å². The maximum Gasteiger partial charge on any atom is 0.312 e. The van der Waals surface area contributed by atoms with Crippen LogP contribution in [-0.2, 0) is 9.59 Å². The van der Waals surface area contributed by atoms with Gasteiger partial charge in [0.25, 0.3) is 0 Å². The Kier molecular flexibility index (Phi) is 14.5. The van der Waals surface area contributed by atoms with Gasteiger partial charge in [-0.15, -0.1) is 11.8 Å². The van der Waals surface area contributed by atoms with Crippen molar-refractivity contribution in [2.24, 2.45) is 5.92 Å². The number of carboxylic acids is 2. The molecule has 0 saturated heterocycles. The van der Waals surface area contributed by atoms with Crippen molar-refractivity contribution in [3.8, 4) is 0 Å². The minimum atomic E-state index is -1.15. The molecule has 0 spiro atoms. The minimum absolute atomic E-state index is 0.288. The Morgan fingerprint density at radius 2 is 1.39 bits per heavy atom. The van der Waals surface area contributed by atoms with Crippen LogP contribution in [0.2, 0.25) is 0 Å². The first-order chi connectivity index (χ1) is 11.0. The van der Waals surface area contributed by atoms with Gasteiger partial charge in [-0.1, -0.05) is 76.9 Å². The van der Waals surface area contributed by atoms with Crippen LogP contribution in [0.1, 0.15) is 77.6 Å². The van der Waals surface area contributed by atoms with Crippen LogP contribution >= 0.6 is 24.0 Å². The Labute approximate surface area is 149 Å². The molecule has 2 N–H and O–H groups in total. The topological polar surface area (TPSA) is 74.6 Å². The van der Waals surface area contributed by atoms with Crippen molar-refractivity contribution in [1.82, 2.24) is 0 Å². The molecule has 6 heteroatoms. The average molecular weight is 363 g/mol. The molecule has 1 unspecified atom stereocenters. The quantitative estimate of drug-likeness (QED) is 0.310. The summed E-state index contributed by atoms with van der Waals surface area (Å²) in [5.74, 6) is -2.55. The maximum atomic E-state index is 11.0. The molecule has 134 valence electrons. The molecule has 0 aromatic carbocycles. The van der Waals surface area contributed by atoms with Crippen molar-refractivity contribution < 1.29 is 19.8 Å². The zero-order chi connectivity index (χ0) is 17.5. The van der Waals surface area contributed by atoms with Crippen LogP contribution in [0.5, 0.6) is 0 Å². The third kappa shape index (κ3) is 13.5. The number of aliphatic carboxylic acids is 2. The molecule has 0 saturated carbocycles. The second-order valence-corrected chi connectivity index (χ2v) is 7.67. The number of unbranched alkanes of at least 4 members (excludes halogenated alkanes) is 9. The number of thiocarbonyl (C=S) groups is 1. The van der Waals surface area contributed by atoms with Gasteiger partial charge in [-0.25, -0.2) is 0 Å². The highest BCUT2D eigenvalue weighted by Gasteiger charge is 2.25. The Morgan fingerprint density at radius 1 is 0.913 bits per heavy atom. The predicted molar refractivity (Wildman–Crippen MR) is 100 cm³/mol. The van der Waals surface area contributed by atoms with Crippen LogP contribution in [-0.4, -0.2) is 32.1 Å². The van der Waals surface area contributed by atoms with Crippen molar-refractivity contribution in [2.45, 2.75) is 77.6 Å². The maximum absolute atomic E-state index is 11.0. The van der Waals surface area contributed by atoms with E-state index in [0.717, 1.165) is 18.6 Å². The molecule has 0 aliphatic rings. The highest BCUT2D eigenvalue weighted by Crippen LogP contribution is 2.20. The van der Waals surface area contributed by atoms with Crippen LogP contribution in [0.3, 0.4) is 0 Å². The van der Waals surface area contributed by atoms with E-state index in [1.54, 1.807) is 0 Å². The Bertz CT molecular complexity index is 359. The zero-order valence-corrected chi connectivity index (χ0v) is 15.7. The van der Waals surface area contributed by atoms with Gasteiger partial charge in [0.15, 0.2) is 0 Å². The molecule has 0 aromatic rings. The van der Waals surface area contributed by atoms with E-state index < -0.39 is 24.3 Å². The first kappa shape index (κ1) is 22.4. The molecule has 0 rings (SSSR count). The summed E-state index contributed by atoms with van der Waals surface area (Å²) in [5, 5.41) is 17.7. The largest absolute Gasteiger partial charge is 0.481 e. The van der Waals surface area contributed by atoms with Gasteiger partial charge in [-0.2, -0.15) is 0 Å². The van der Waals surface area contributed by atoms with E-state index in [1.165, 1.54) is 63.1 Å². The van der Waals surface area contributed by atoms with Gasteiger partial charge in [0.1, 0.15) is 5.92 Å². The lowest BCUT2D eigenvalue weighted by molar-refractivity contribution is -0.145. The Hall–Kier alpha value is -0.620. The van der Waals surface area contributed by atoms with Gasteiger partial charge >= 0.3 is 11.9 Å². The molecular weight excluding hydrogens is 332 g/mol. The number of thioether (sulfide) groups is 1. The van der Waals surface area contributed by atoms with Gasteiger partial charge < -0.3 is 10.2 Å². The molecule has 0 aliphatic carbocycles. The summed E-state index contributed by atoms with van der Waals surface area (Å²) in [6.45, 7) is 2.23. The number of hydrogen-bond acceptors (Lipinski definition) is 4. The number of hydrogen-bond donors (Lipinski definition) is 2. The predicted octanol–water partition coefficient (Wildman–Crippen LogP) is 5.14. The Morgan fingerprint density at radius 3 is 1.83 bits per heavy atom. The van der Waals surface area contributed by atoms with Gasteiger partial charge in [0.05, 0.1) is 10.6 Å². The fourth-order valence-electron chi connectivity index (χ4n) is 2.31. The molecule has 0 aliphatic heterocycles. The molecule has 0 aromatic heterocycles. The van der Waals surface area contributed by atoms with E-state index in [4.69, 9.17) is 22.4 Å². The molecule has 23 heavy (non-hydrogen) atoms. The zero-order valence-electron chi connectivity index (χ0n) is 14.1. The van der Waals surface area contributed by atoms with E-state index in [-0.39, 0.29) is 4.20 Å². The summed E-state index contributed by atoms with van der Waals surface area (Å²) in [6, 6.07) is 0. The lowest BCUT2D eigenvalue weighted by Crippen LogP contribution is -2.23. The number of rotatable bonds is 15. The Balaban J connectivity index is 3.57. The summed E-state index contributed by atoms with van der Waals surface area (Å²) >= 11 is 6.38. The number of carboxylic acid groups (broad SMARTS) is 2. The summed E-state index contributed by atoms with van der Waals surface area (Å²) in [7, 11) is 0. The van der Waals surface area contributed by atoms with E-state index >= 15 is 0 Å². The summed E-state index contributed by atoms with van der Waals surface area (Å²) < 4.78 is 0.288. The van der Waals surface area contributed by atoms with Crippen LogP contribution in [0.25, 0.3) is 0 Å². The smallest absolute Gasteiger partial charge is 0.312 e. The SMILES string of the molecule is CCCCCCCCCCCCSC(=S)C(CC(=O)O)C(=O)O. The van der Waals surface area contributed by atoms with Crippen LogP contribution < -0.4 is 0 Å². The molecule has 0 radical (unpaired) electrons. The van der Waals surface area contributed by atoms with Gasteiger partial charge in [0.2, 0.25) is 0 Å². The highest BCUT2D eigenvalue weighted by molar-refractivity contribution is 8.23. The third-order valence-electron chi connectivity index (χ3n) is 3.70. The highest BCUT2D eigenvalue weighted by atomic mass is 32.2. The van der Waals surface area contributed by atoms with Crippen molar-refractivity contribution in [3.05, 3.63) is 0 Å². The first-order valence-corrected chi connectivity index (χ1v) is 9.99. The summed E-state index contributed by atoms with van der Waals surface area (Å²) in [4.78, 5) is 21.7. The van der Waals surface area contributed by atoms with Crippen LogP contribution in [0.15, 0.2) is 0 Å². The van der Waals surface area contributed by atoms with Crippen LogP contribution in [0.4, 0.5) is 0 Å². The molecule has 0 heterocycles. The average Bonchev–Trinajstić information content (AvgIpc) is 2.49. The van der Waals surface area contributed by atoms with E-state index in [2.05, 4.69) is 6.92 Å². The molecule has 4 nitrogen and oxygen atoms in total. The molecule has 0 bridgehead atoms. The second-order valence-electron chi connectivity index (χ2n) is 5.84. The fourth-order valence-corrected chi connectivity index (χ4v) is 3.68. The van der Waals surface area contributed by atoms with Crippen molar-refractivity contribution in [1.29, 1.82) is 0 Å². The molecule has 0 fully saturated rings. The molecule has 1 atom stereocenters. The van der Waals surface area contributed by atoms with Crippen molar-refractivity contribution >= 4 is 40.1 Å². The monoisotopic (exact) mass is 362 g/mol. The van der Waals surface area contributed by atoms with Gasteiger partial charge in [-0.05, 0) is 12.2 Å². The third-order valence-corrected chi connectivity index (χ3v) is 5.40. The normalized spacial score (nSPS) is 12.0. The van der Waals surface area contributed by atoms with Crippen molar-refractivity contribution in [2.75, 3.05) is 5.75 Å². The first-order valence-electron chi connectivity index (χ1n) is 8.60. The van der Waals surface area contributed by atoms with Crippen molar-refractivity contribution in [3.63, 3.8) is 0 Å². The van der Waals surface area contributed by atoms with E-state index in [1.807, 2.05) is 0 Å².